The molecular weight excluding hydrogens is 684 g/mol. The lowest BCUT2D eigenvalue weighted by Gasteiger charge is -2.17. The number of nitrogens with two attached hydrogens (primary N) is 2. The van der Waals surface area contributed by atoms with Crippen LogP contribution >= 0.6 is 0 Å². The summed E-state index contributed by atoms with van der Waals surface area (Å²) in [6.45, 7) is 9.87. The molecule has 2 unspecified atom stereocenters. The van der Waals surface area contributed by atoms with Gasteiger partial charge in [-0.25, -0.2) is 4.79 Å². The number of guanidine groups is 1. The highest BCUT2D eigenvalue weighted by molar-refractivity contribution is 5.84. The molecule has 0 aliphatic carbocycles. The number of hydrogen-bond donors (Lipinski definition) is 3. The first-order chi connectivity index (χ1) is 26.2. The molecule has 3 atom stereocenters. The molecule has 0 saturated heterocycles. The standard InChI is InChI=1S/C43H82N4O7/c1-5-9-12-14-15-21-29-37(28-20-13-10-6-2)41(50)53-34-25-18-22-30-39(48)47-38(31-32-46-43(44)45)42(51)54-35-24-17-16-23-33-52-40(49)36(26-8-4)27-19-11-7-3/h36-38H,5-35H2,1-4H3,(H,47,48)(H4,44,45,46)/t36?,37?,38-/m0/s1. The van der Waals surface area contributed by atoms with Gasteiger partial charge in [-0.2, -0.15) is 0 Å². The van der Waals surface area contributed by atoms with Gasteiger partial charge in [-0.1, -0.05) is 118 Å². The van der Waals surface area contributed by atoms with E-state index in [1.165, 1.54) is 44.9 Å². The third kappa shape index (κ3) is 30.5. The monoisotopic (exact) mass is 767 g/mol. The maximum Gasteiger partial charge on any atom is 0.328 e. The minimum Gasteiger partial charge on any atom is -0.465 e. The number of carbonyl (C=O) groups is 4. The summed E-state index contributed by atoms with van der Waals surface area (Å²) in [7, 11) is 0. The predicted octanol–water partition coefficient (Wildman–Crippen LogP) is 9.22. The number of ether oxygens (including phenoxy) is 3. The molecule has 54 heavy (non-hydrogen) atoms. The second kappa shape index (κ2) is 37.1. The minimum absolute atomic E-state index is 0.000132. The molecule has 0 aliphatic heterocycles. The van der Waals surface area contributed by atoms with Crippen molar-refractivity contribution in [2.24, 2.45) is 28.3 Å². The molecule has 0 saturated carbocycles. The lowest BCUT2D eigenvalue weighted by Crippen LogP contribution is -2.42. The molecule has 11 heteroatoms. The van der Waals surface area contributed by atoms with Crippen molar-refractivity contribution < 1.29 is 33.4 Å². The summed E-state index contributed by atoms with van der Waals surface area (Å²) < 4.78 is 16.7. The molecule has 0 fully saturated rings. The lowest BCUT2D eigenvalue weighted by atomic mass is 9.94. The van der Waals surface area contributed by atoms with E-state index in [1.54, 1.807) is 0 Å². The Hall–Kier alpha value is -2.85. The van der Waals surface area contributed by atoms with Crippen molar-refractivity contribution in [1.29, 1.82) is 0 Å². The van der Waals surface area contributed by atoms with Crippen molar-refractivity contribution in [3.8, 4) is 0 Å². The van der Waals surface area contributed by atoms with Gasteiger partial charge in [0.05, 0.1) is 31.7 Å². The van der Waals surface area contributed by atoms with Gasteiger partial charge in [0.2, 0.25) is 5.91 Å². The molecule has 0 aromatic carbocycles. The van der Waals surface area contributed by atoms with Crippen LogP contribution in [0.25, 0.3) is 0 Å². The number of nitrogens with zero attached hydrogens (tertiary/aromatic N) is 1. The summed E-state index contributed by atoms with van der Waals surface area (Å²) in [6.07, 6.45) is 25.4. The molecule has 11 nitrogen and oxygen atoms in total. The molecule has 316 valence electrons. The van der Waals surface area contributed by atoms with Crippen molar-refractivity contribution in [3.63, 3.8) is 0 Å². The summed E-state index contributed by atoms with van der Waals surface area (Å²) in [5, 5.41) is 2.79. The molecule has 0 aliphatic rings. The van der Waals surface area contributed by atoms with E-state index < -0.39 is 12.0 Å². The first-order valence-corrected chi connectivity index (χ1v) is 22.0. The van der Waals surface area contributed by atoms with E-state index in [0.29, 0.717) is 32.5 Å². The number of unbranched alkanes of at least 4 members (excludes halogenated alkanes) is 15. The fraction of sp³-hybridized carbons (Fsp3) is 0.884. The molecular formula is C43H82N4O7. The number of nitrogens with one attached hydrogen (secondary N) is 1. The Balaban J connectivity index is 4.50. The Kier molecular flexibility index (Phi) is 35.1. The Labute approximate surface area is 329 Å². The van der Waals surface area contributed by atoms with E-state index in [9.17, 15) is 19.2 Å². The molecule has 0 heterocycles. The number of rotatable bonds is 38. The number of esters is 3. The lowest BCUT2D eigenvalue weighted by molar-refractivity contribution is -0.150. The molecule has 1 amide bonds. The zero-order valence-corrected chi connectivity index (χ0v) is 35.1. The minimum atomic E-state index is -0.852. The Bertz CT molecular complexity index is 973. The molecule has 0 bridgehead atoms. The van der Waals surface area contributed by atoms with Gasteiger partial charge >= 0.3 is 17.9 Å². The third-order valence-electron chi connectivity index (χ3n) is 9.92. The van der Waals surface area contributed by atoms with Crippen LogP contribution in [0.3, 0.4) is 0 Å². The molecule has 0 aromatic heterocycles. The summed E-state index contributed by atoms with van der Waals surface area (Å²) in [6, 6.07) is -0.852. The van der Waals surface area contributed by atoms with Gasteiger partial charge in [-0.15, -0.1) is 0 Å². The van der Waals surface area contributed by atoms with Gasteiger partial charge < -0.3 is 31.0 Å². The fourth-order valence-electron chi connectivity index (χ4n) is 6.55. The van der Waals surface area contributed by atoms with Crippen LogP contribution in [-0.2, 0) is 33.4 Å². The zero-order valence-electron chi connectivity index (χ0n) is 35.1. The van der Waals surface area contributed by atoms with Crippen molar-refractivity contribution >= 4 is 29.8 Å². The number of aliphatic imine (C=N–C) groups is 1. The number of amides is 1. The van der Waals surface area contributed by atoms with Crippen molar-refractivity contribution in [1.82, 2.24) is 5.32 Å². The van der Waals surface area contributed by atoms with Gasteiger partial charge in [0.15, 0.2) is 5.96 Å². The number of carbonyl (C=O) groups excluding carboxylic acids is 4. The second-order valence-electron chi connectivity index (χ2n) is 15.0. The van der Waals surface area contributed by atoms with Crippen LogP contribution in [0, 0.1) is 11.8 Å². The van der Waals surface area contributed by atoms with E-state index in [1.807, 2.05) is 0 Å². The quantitative estimate of drug-likeness (QED) is 0.0182. The zero-order chi connectivity index (χ0) is 40.1. The molecule has 0 spiro atoms. The highest BCUT2D eigenvalue weighted by Crippen LogP contribution is 2.21. The van der Waals surface area contributed by atoms with Crippen LogP contribution in [0.1, 0.15) is 201 Å². The van der Waals surface area contributed by atoms with Crippen LogP contribution in [0.5, 0.6) is 0 Å². The van der Waals surface area contributed by atoms with Gasteiger partial charge in [0.25, 0.3) is 0 Å². The Morgan fingerprint density at radius 3 is 1.41 bits per heavy atom. The normalized spacial score (nSPS) is 12.7. The highest BCUT2D eigenvalue weighted by Gasteiger charge is 2.23. The van der Waals surface area contributed by atoms with E-state index in [0.717, 1.165) is 96.3 Å². The predicted molar refractivity (Wildman–Crippen MR) is 220 cm³/mol. The Morgan fingerprint density at radius 1 is 0.481 bits per heavy atom. The first-order valence-electron chi connectivity index (χ1n) is 22.0. The van der Waals surface area contributed by atoms with Crippen LogP contribution < -0.4 is 16.8 Å². The van der Waals surface area contributed by atoms with Crippen LogP contribution in [0.2, 0.25) is 0 Å². The molecule has 0 rings (SSSR count). The first kappa shape index (κ1) is 51.1. The smallest absolute Gasteiger partial charge is 0.328 e. The maximum atomic E-state index is 12.9. The largest absolute Gasteiger partial charge is 0.465 e. The van der Waals surface area contributed by atoms with Crippen molar-refractivity contribution in [2.45, 2.75) is 207 Å². The fourth-order valence-corrected chi connectivity index (χ4v) is 6.55. The topological polar surface area (TPSA) is 172 Å². The molecule has 5 N–H and O–H groups in total. The van der Waals surface area contributed by atoms with Gasteiger partial charge in [0.1, 0.15) is 6.04 Å². The van der Waals surface area contributed by atoms with Gasteiger partial charge in [0, 0.05) is 13.0 Å². The van der Waals surface area contributed by atoms with Gasteiger partial charge in [-0.3, -0.25) is 19.4 Å². The molecule has 0 radical (unpaired) electrons. The Morgan fingerprint density at radius 2 is 0.889 bits per heavy atom. The van der Waals surface area contributed by atoms with E-state index in [2.05, 4.69) is 38.0 Å². The van der Waals surface area contributed by atoms with Crippen LogP contribution in [-0.4, -0.2) is 62.2 Å². The summed E-state index contributed by atoms with van der Waals surface area (Å²) in [4.78, 5) is 55.0. The SMILES string of the molecule is CCCCCCCCC(CCCCCC)C(=O)OCCCCCC(=O)N[C@@H](CCN=C(N)N)C(=O)OCCCCCCOC(=O)C(CCC)CCCCC. The highest BCUT2D eigenvalue weighted by atomic mass is 16.5. The van der Waals surface area contributed by atoms with Crippen LogP contribution in [0.4, 0.5) is 0 Å². The average Bonchev–Trinajstić information content (AvgIpc) is 3.15. The summed E-state index contributed by atoms with van der Waals surface area (Å²) in [5.74, 6) is -1.01. The average molecular weight is 767 g/mol. The van der Waals surface area contributed by atoms with E-state index in [4.69, 9.17) is 25.7 Å². The third-order valence-corrected chi connectivity index (χ3v) is 9.92. The van der Waals surface area contributed by atoms with Crippen molar-refractivity contribution in [3.05, 3.63) is 0 Å². The van der Waals surface area contributed by atoms with Gasteiger partial charge in [-0.05, 0) is 77.0 Å². The summed E-state index contributed by atoms with van der Waals surface area (Å²) in [5.41, 5.74) is 10.9. The molecule has 0 aromatic rings. The summed E-state index contributed by atoms with van der Waals surface area (Å²) >= 11 is 0. The van der Waals surface area contributed by atoms with E-state index in [-0.39, 0.29) is 61.6 Å². The maximum absolute atomic E-state index is 12.9. The van der Waals surface area contributed by atoms with E-state index >= 15 is 0 Å². The van der Waals surface area contributed by atoms with Crippen molar-refractivity contribution in [2.75, 3.05) is 26.4 Å². The van der Waals surface area contributed by atoms with Crippen LogP contribution in [0.15, 0.2) is 4.99 Å². The second-order valence-corrected chi connectivity index (χ2v) is 15.0. The number of hydrogen-bond acceptors (Lipinski definition) is 8.